The van der Waals surface area contributed by atoms with Crippen molar-refractivity contribution in [2.45, 2.75) is 24.3 Å². The molecule has 1 aromatic rings. The highest BCUT2D eigenvalue weighted by molar-refractivity contribution is 9.09. The van der Waals surface area contributed by atoms with Crippen LogP contribution in [-0.4, -0.2) is 17.3 Å². The van der Waals surface area contributed by atoms with Crippen LogP contribution in [0.1, 0.15) is 29.3 Å². The van der Waals surface area contributed by atoms with Crippen molar-refractivity contribution in [3.63, 3.8) is 0 Å². The van der Waals surface area contributed by atoms with Crippen LogP contribution >= 0.6 is 15.9 Å². The van der Waals surface area contributed by atoms with E-state index < -0.39 is 11.7 Å². The standard InChI is InChI=1S/C12H13BrF3NO/c1-8(13)6-7-17-11(18)9-2-4-10(5-3-9)12(14,15)16/h2-5,8H,6-7H2,1H3,(H,17,18). The molecule has 0 aliphatic heterocycles. The first-order chi connectivity index (χ1) is 8.30. The molecule has 0 spiro atoms. The second-order valence-electron chi connectivity index (χ2n) is 3.90. The molecule has 1 rings (SSSR count). The number of hydrogen-bond donors (Lipinski definition) is 1. The summed E-state index contributed by atoms with van der Waals surface area (Å²) in [6, 6.07) is 4.16. The van der Waals surface area contributed by atoms with Crippen LogP contribution in [-0.2, 0) is 6.18 Å². The first-order valence-electron chi connectivity index (χ1n) is 5.40. The normalized spacial score (nSPS) is 13.2. The molecule has 0 aliphatic rings. The first kappa shape index (κ1) is 15.0. The lowest BCUT2D eigenvalue weighted by Crippen LogP contribution is -2.25. The molecule has 2 nitrogen and oxygen atoms in total. The number of nitrogens with one attached hydrogen (secondary N) is 1. The van der Waals surface area contributed by atoms with Gasteiger partial charge in [0.05, 0.1) is 5.56 Å². The zero-order chi connectivity index (χ0) is 13.8. The van der Waals surface area contributed by atoms with Crippen molar-refractivity contribution in [2.24, 2.45) is 0 Å². The van der Waals surface area contributed by atoms with Crippen molar-refractivity contribution in [1.29, 1.82) is 0 Å². The van der Waals surface area contributed by atoms with Gasteiger partial charge in [-0.15, -0.1) is 0 Å². The molecule has 1 N–H and O–H groups in total. The van der Waals surface area contributed by atoms with E-state index in [9.17, 15) is 18.0 Å². The molecule has 1 unspecified atom stereocenters. The van der Waals surface area contributed by atoms with Crippen LogP contribution in [0.15, 0.2) is 24.3 Å². The smallest absolute Gasteiger partial charge is 0.352 e. The average Bonchev–Trinajstić information content (AvgIpc) is 2.27. The van der Waals surface area contributed by atoms with Crippen LogP contribution in [0.25, 0.3) is 0 Å². The number of rotatable bonds is 4. The summed E-state index contributed by atoms with van der Waals surface area (Å²) in [5, 5.41) is 2.64. The lowest BCUT2D eigenvalue weighted by molar-refractivity contribution is -0.137. The first-order valence-corrected chi connectivity index (χ1v) is 6.32. The maximum atomic E-state index is 12.3. The summed E-state index contributed by atoms with van der Waals surface area (Å²) in [4.78, 5) is 11.9. The SMILES string of the molecule is CC(Br)CCNC(=O)c1ccc(C(F)(F)F)cc1. The van der Waals surface area contributed by atoms with E-state index in [2.05, 4.69) is 21.2 Å². The largest absolute Gasteiger partial charge is 0.416 e. The summed E-state index contributed by atoms with van der Waals surface area (Å²) in [7, 11) is 0. The zero-order valence-electron chi connectivity index (χ0n) is 9.72. The molecule has 0 fully saturated rings. The molecule has 0 heterocycles. The van der Waals surface area contributed by atoms with Crippen molar-refractivity contribution < 1.29 is 18.0 Å². The van der Waals surface area contributed by atoms with Crippen molar-refractivity contribution in [3.8, 4) is 0 Å². The lowest BCUT2D eigenvalue weighted by Gasteiger charge is -2.08. The van der Waals surface area contributed by atoms with Crippen LogP contribution in [0.4, 0.5) is 13.2 Å². The Hall–Kier alpha value is -1.04. The van der Waals surface area contributed by atoms with Gasteiger partial charge >= 0.3 is 6.18 Å². The highest BCUT2D eigenvalue weighted by Gasteiger charge is 2.30. The van der Waals surface area contributed by atoms with Gasteiger partial charge in [0.1, 0.15) is 0 Å². The van der Waals surface area contributed by atoms with Crippen molar-refractivity contribution in [3.05, 3.63) is 35.4 Å². The molecule has 0 saturated carbocycles. The van der Waals surface area contributed by atoms with Gasteiger partial charge in [0.2, 0.25) is 0 Å². The quantitative estimate of drug-likeness (QED) is 0.843. The average molecular weight is 324 g/mol. The fourth-order valence-corrected chi connectivity index (χ4v) is 1.53. The number of carbonyl (C=O) groups excluding carboxylic acids is 1. The summed E-state index contributed by atoms with van der Waals surface area (Å²) in [6.45, 7) is 2.43. The predicted octanol–water partition coefficient (Wildman–Crippen LogP) is 3.61. The highest BCUT2D eigenvalue weighted by atomic mass is 79.9. The van der Waals surface area contributed by atoms with Crippen LogP contribution < -0.4 is 5.32 Å². The van der Waals surface area contributed by atoms with Gasteiger partial charge < -0.3 is 5.32 Å². The molecule has 100 valence electrons. The number of hydrogen-bond acceptors (Lipinski definition) is 1. The molecule has 1 amide bonds. The van der Waals surface area contributed by atoms with Gasteiger partial charge in [-0.1, -0.05) is 22.9 Å². The molecule has 0 aliphatic carbocycles. The highest BCUT2D eigenvalue weighted by Crippen LogP contribution is 2.28. The Bertz CT molecular complexity index is 401. The van der Waals surface area contributed by atoms with E-state index in [0.717, 1.165) is 18.6 Å². The molecule has 18 heavy (non-hydrogen) atoms. The van der Waals surface area contributed by atoms with Crippen LogP contribution in [0, 0.1) is 0 Å². The fraction of sp³-hybridized carbons (Fsp3) is 0.417. The summed E-state index contributed by atoms with van der Waals surface area (Å²) >= 11 is 3.34. The number of alkyl halides is 4. The van der Waals surface area contributed by atoms with Crippen LogP contribution in [0.2, 0.25) is 0 Å². The molecule has 1 aromatic carbocycles. The summed E-state index contributed by atoms with van der Waals surface area (Å²) in [6.07, 6.45) is -3.62. The molecule has 0 radical (unpaired) electrons. The Morgan fingerprint density at radius 2 is 1.89 bits per heavy atom. The van der Waals surface area contributed by atoms with Gasteiger partial charge in [0.25, 0.3) is 5.91 Å². The fourth-order valence-electron chi connectivity index (χ4n) is 1.30. The lowest BCUT2D eigenvalue weighted by atomic mass is 10.1. The molecule has 0 saturated heterocycles. The number of halogens is 4. The predicted molar refractivity (Wildman–Crippen MR) is 66.8 cm³/mol. The van der Waals surface area contributed by atoms with E-state index in [0.29, 0.717) is 6.54 Å². The van der Waals surface area contributed by atoms with Crippen LogP contribution in [0.5, 0.6) is 0 Å². The molecule has 0 bridgehead atoms. The number of carbonyl (C=O) groups is 1. The summed E-state index contributed by atoms with van der Waals surface area (Å²) < 4.78 is 36.9. The van der Waals surface area contributed by atoms with E-state index in [1.54, 1.807) is 0 Å². The summed E-state index contributed by atoms with van der Waals surface area (Å²) in [5.74, 6) is -0.364. The third kappa shape index (κ3) is 4.68. The Morgan fingerprint density at radius 3 is 2.33 bits per heavy atom. The van der Waals surface area contributed by atoms with Gasteiger partial charge in [-0.3, -0.25) is 4.79 Å². The van der Waals surface area contributed by atoms with Gasteiger partial charge in [-0.05, 0) is 30.7 Å². The van der Waals surface area contributed by atoms with Gasteiger partial charge in [-0.2, -0.15) is 13.2 Å². The summed E-state index contributed by atoms with van der Waals surface area (Å²) in [5.41, 5.74) is -0.529. The van der Waals surface area contributed by atoms with E-state index in [1.165, 1.54) is 12.1 Å². The number of benzene rings is 1. The molecule has 0 aromatic heterocycles. The topological polar surface area (TPSA) is 29.1 Å². The third-order valence-corrected chi connectivity index (χ3v) is 2.76. The van der Waals surface area contributed by atoms with Gasteiger partial charge in [-0.25, -0.2) is 0 Å². The maximum Gasteiger partial charge on any atom is 0.416 e. The van der Waals surface area contributed by atoms with Crippen molar-refractivity contribution >= 4 is 21.8 Å². The monoisotopic (exact) mass is 323 g/mol. The van der Waals surface area contributed by atoms with Crippen LogP contribution in [0.3, 0.4) is 0 Å². The molecule has 6 heteroatoms. The second-order valence-corrected chi connectivity index (χ2v) is 5.46. The van der Waals surface area contributed by atoms with Crippen molar-refractivity contribution in [2.75, 3.05) is 6.54 Å². The third-order valence-electron chi connectivity index (χ3n) is 2.30. The molecule has 1 atom stereocenters. The van der Waals surface area contributed by atoms with E-state index in [-0.39, 0.29) is 16.3 Å². The van der Waals surface area contributed by atoms with Crippen molar-refractivity contribution in [1.82, 2.24) is 5.32 Å². The molecular formula is C12H13BrF3NO. The Kier molecular flexibility index (Phi) is 5.19. The zero-order valence-corrected chi connectivity index (χ0v) is 11.3. The second kappa shape index (κ2) is 6.22. The van der Waals surface area contributed by atoms with E-state index >= 15 is 0 Å². The number of amides is 1. The van der Waals surface area contributed by atoms with Gasteiger partial charge in [0, 0.05) is 16.9 Å². The van der Waals surface area contributed by atoms with E-state index in [4.69, 9.17) is 0 Å². The Morgan fingerprint density at radius 1 is 1.33 bits per heavy atom. The minimum atomic E-state index is -4.37. The Labute approximate surface area is 112 Å². The molecular weight excluding hydrogens is 311 g/mol. The van der Waals surface area contributed by atoms with E-state index in [1.807, 2.05) is 6.92 Å². The Balaban J connectivity index is 2.60. The van der Waals surface area contributed by atoms with Gasteiger partial charge in [0.15, 0.2) is 0 Å². The minimum absolute atomic E-state index is 0.227. The maximum absolute atomic E-state index is 12.3. The minimum Gasteiger partial charge on any atom is -0.352 e.